The number of nitrogens with one attached hydrogen (secondary N) is 1. The van der Waals surface area contributed by atoms with Crippen LogP contribution in [0.2, 0.25) is 0 Å². The lowest BCUT2D eigenvalue weighted by atomic mass is 9.97. The smallest absolute Gasteiger partial charge is 0.398 e. The molecule has 2 heterocycles. The predicted molar refractivity (Wildman–Crippen MR) is 113 cm³/mol. The Kier molecular flexibility index (Phi) is 5.95. The number of halogens is 4. The standard InChI is InChI=1S/C22H17F4N5O2/c1-27-11-15-10-20(29-12-28-15)33-16-3-5-19-13(8-16)6-7-31(19)21(32)30-14-2-4-18(23)17(9-14)22(24,25)26/h2-12,17-18H,1H3,(H,30,32). The van der Waals surface area contributed by atoms with Gasteiger partial charge in [-0.05, 0) is 42.5 Å². The molecule has 2 atom stereocenters. The van der Waals surface area contributed by atoms with Crippen LogP contribution in [0, 0.1) is 5.92 Å². The third-order valence-corrected chi connectivity index (χ3v) is 4.82. The summed E-state index contributed by atoms with van der Waals surface area (Å²) >= 11 is 0. The van der Waals surface area contributed by atoms with Crippen LogP contribution in [0.5, 0.6) is 11.6 Å². The summed E-state index contributed by atoms with van der Waals surface area (Å²) in [6.45, 7) is 0. The molecule has 1 aliphatic rings. The topological polar surface area (TPSA) is 81.4 Å². The molecule has 1 aliphatic carbocycles. The molecule has 1 amide bonds. The first-order valence-electron chi connectivity index (χ1n) is 9.70. The van der Waals surface area contributed by atoms with Crippen LogP contribution in [0.25, 0.3) is 10.9 Å². The number of benzene rings is 1. The molecule has 0 saturated heterocycles. The van der Waals surface area contributed by atoms with E-state index in [9.17, 15) is 22.4 Å². The van der Waals surface area contributed by atoms with E-state index < -0.39 is 24.3 Å². The van der Waals surface area contributed by atoms with Crippen LogP contribution in [-0.4, -0.2) is 46.2 Å². The van der Waals surface area contributed by atoms with Gasteiger partial charge >= 0.3 is 12.2 Å². The van der Waals surface area contributed by atoms with Crippen molar-refractivity contribution in [2.45, 2.75) is 12.3 Å². The molecule has 0 saturated carbocycles. The number of aliphatic imine (C=N–C) groups is 1. The molecule has 0 bridgehead atoms. The molecule has 1 N–H and O–H groups in total. The van der Waals surface area contributed by atoms with E-state index in [4.69, 9.17) is 4.74 Å². The van der Waals surface area contributed by atoms with Gasteiger partial charge in [-0.3, -0.25) is 9.56 Å². The van der Waals surface area contributed by atoms with Crippen LogP contribution in [0.1, 0.15) is 5.69 Å². The van der Waals surface area contributed by atoms with E-state index in [1.807, 2.05) is 0 Å². The monoisotopic (exact) mass is 459 g/mol. The number of nitrogens with zero attached hydrogens (tertiary/aromatic N) is 4. The molecule has 3 aromatic rings. The second kappa shape index (κ2) is 8.85. The van der Waals surface area contributed by atoms with Gasteiger partial charge in [0.05, 0.1) is 11.2 Å². The van der Waals surface area contributed by atoms with E-state index in [0.717, 1.165) is 12.2 Å². The zero-order valence-corrected chi connectivity index (χ0v) is 17.1. The lowest BCUT2D eigenvalue weighted by Gasteiger charge is -2.23. The second-order valence-corrected chi connectivity index (χ2v) is 7.10. The van der Waals surface area contributed by atoms with Crippen LogP contribution in [-0.2, 0) is 0 Å². The maximum atomic E-state index is 13.6. The van der Waals surface area contributed by atoms with Crippen LogP contribution < -0.4 is 10.1 Å². The Labute approximate surface area is 185 Å². The Bertz CT molecular complexity index is 1280. The summed E-state index contributed by atoms with van der Waals surface area (Å²) in [5.74, 6) is -1.55. The van der Waals surface area contributed by atoms with E-state index in [2.05, 4.69) is 20.3 Å². The van der Waals surface area contributed by atoms with Crippen molar-refractivity contribution in [2.24, 2.45) is 10.9 Å². The average molecular weight is 459 g/mol. The molecule has 33 heavy (non-hydrogen) atoms. The van der Waals surface area contributed by atoms with Gasteiger partial charge in [0.15, 0.2) is 0 Å². The molecule has 170 valence electrons. The molecule has 2 unspecified atom stereocenters. The van der Waals surface area contributed by atoms with Crippen molar-refractivity contribution in [2.75, 3.05) is 7.05 Å². The number of allylic oxidation sites excluding steroid dienone is 3. The predicted octanol–water partition coefficient (Wildman–Crippen LogP) is 4.80. The van der Waals surface area contributed by atoms with Gasteiger partial charge in [0.25, 0.3) is 0 Å². The van der Waals surface area contributed by atoms with Crippen molar-refractivity contribution < 1.29 is 27.1 Å². The fourth-order valence-electron chi connectivity index (χ4n) is 3.29. The third kappa shape index (κ3) is 4.92. The van der Waals surface area contributed by atoms with Gasteiger partial charge in [0.2, 0.25) is 5.88 Å². The highest BCUT2D eigenvalue weighted by Gasteiger charge is 2.44. The third-order valence-electron chi connectivity index (χ3n) is 4.82. The molecular formula is C22H17F4N5O2. The van der Waals surface area contributed by atoms with Crippen molar-refractivity contribution in [1.29, 1.82) is 0 Å². The summed E-state index contributed by atoms with van der Waals surface area (Å²) in [4.78, 5) is 24.6. The average Bonchev–Trinajstić information content (AvgIpc) is 3.18. The van der Waals surface area contributed by atoms with Gasteiger partial charge in [0.1, 0.15) is 24.2 Å². The molecule has 0 fully saturated rings. The fourth-order valence-corrected chi connectivity index (χ4v) is 3.29. The van der Waals surface area contributed by atoms with Gasteiger partial charge in [-0.15, -0.1) is 0 Å². The molecule has 11 heteroatoms. The molecule has 0 radical (unpaired) electrons. The first kappa shape index (κ1) is 22.2. The minimum absolute atomic E-state index is 0.131. The van der Waals surface area contributed by atoms with Gasteiger partial charge in [0, 0.05) is 36.6 Å². The number of ether oxygens (including phenoxy) is 1. The molecule has 0 spiro atoms. The van der Waals surface area contributed by atoms with Crippen molar-refractivity contribution in [3.63, 3.8) is 0 Å². The number of hydrogen-bond acceptors (Lipinski definition) is 5. The summed E-state index contributed by atoms with van der Waals surface area (Å²) in [5, 5.41) is 3.03. The minimum atomic E-state index is -4.76. The van der Waals surface area contributed by atoms with Crippen molar-refractivity contribution in [3.8, 4) is 11.6 Å². The first-order valence-corrected chi connectivity index (χ1v) is 9.70. The largest absolute Gasteiger partial charge is 0.439 e. The maximum Gasteiger partial charge on any atom is 0.398 e. The van der Waals surface area contributed by atoms with E-state index in [1.165, 1.54) is 17.1 Å². The molecule has 7 nitrogen and oxygen atoms in total. The Morgan fingerprint density at radius 3 is 2.82 bits per heavy atom. The Morgan fingerprint density at radius 1 is 1.24 bits per heavy atom. The Hall–Kier alpha value is -4.02. The number of aromatic nitrogens is 3. The zero-order chi connectivity index (χ0) is 23.6. The quantitative estimate of drug-likeness (QED) is 0.449. The van der Waals surface area contributed by atoms with E-state index in [-0.39, 0.29) is 5.70 Å². The summed E-state index contributed by atoms with van der Waals surface area (Å²) in [7, 11) is 1.62. The molecule has 0 aliphatic heterocycles. The number of rotatable bonds is 4. The molecule has 4 rings (SSSR count). The number of alkyl halides is 4. The van der Waals surface area contributed by atoms with Gasteiger partial charge in [-0.25, -0.2) is 19.2 Å². The van der Waals surface area contributed by atoms with Crippen LogP contribution in [0.4, 0.5) is 22.4 Å². The van der Waals surface area contributed by atoms with Gasteiger partial charge in [-0.1, -0.05) is 0 Å². The lowest BCUT2D eigenvalue weighted by Crippen LogP contribution is -2.34. The summed E-state index contributed by atoms with van der Waals surface area (Å²) < 4.78 is 59.5. The fraction of sp³-hybridized carbons (Fsp3) is 0.182. The van der Waals surface area contributed by atoms with E-state index in [1.54, 1.807) is 43.6 Å². The highest BCUT2D eigenvalue weighted by molar-refractivity contribution is 5.93. The van der Waals surface area contributed by atoms with Crippen molar-refractivity contribution in [3.05, 3.63) is 72.5 Å². The number of amides is 1. The molecule has 2 aromatic heterocycles. The normalized spacial score (nSPS) is 18.5. The van der Waals surface area contributed by atoms with Crippen LogP contribution >= 0.6 is 0 Å². The minimum Gasteiger partial charge on any atom is -0.439 e. The number of carbonyl (C=O) groups excluding carboxylic acids is 1. The van der Waals surface area contributed by atoms with Crippen molar-refractivity contribution >= 4 is 23.1 Å². The summed E-state index contributed by atoms with van der Waals surface area (Å²) in [6, 6.07) is 7.50. The molecular weight excluding hydrogens is 442 g/mol. The van der Waals surface area contributed by atoms with Gasteiger partial charge < -0.3 is 10.1 Å². The lowest BCUT2D eigenvalue weighted by molar-refractivity contribution is -0.172. The second-order valence-electron chi connectivity index (χ2n) is 7.10. The number of hydrogen-bond donors (Lipinski definition) is 1. The van der Waals surface area contributed by atoms with Crippen LogP contribution in [0.3, 0.4) is 0 Å². The van der Waals surface area contributed by atoms with E-state index in [0.29, 0.717) is 34.3 Å². The highest BCUT2D eigenvalue weighted by atomic mass is 19.4. The van der Waals surface area contributed by atoms with Gasteiger partial charge in [-0.2, -0.15) is 13.2 Å². The van der Waals surface area contributed by atoms with Crippen LogP contribution in [0.15, 0.2) is 71.8 Å². The highest BCUT2D eigenvalue weighted by Crippen LogP contribution is 2.35. The summed E-state index contributed by atoms with van der Waals surface area (Å²) in [5.41, 5.74) is 0.940. The number of fused-ring (bicyclic) bond motifs is 1. The zero-order valence-electron chi connectivity index (χ0n) is 17.1. The van der Waals surface area contributed by atoms with E-state index >= 15 is 0 Å². The maximum absolute atomic E-state index is 13.6. The molecule has 1 aromatic carbocycles. The SMILES string of the molecule is CN=Cc1cc(Oc2ccc3c(ccn3C(=O)NC3=CC(C(F)(F)F)C(F)C=C3)c2)ncn1. The Morgan fingerprint density at radius 2 is 2.06 bits per heavy atom. The first-order chi connectivity index (χ1) is 15.7. The van der Waals surface area contributed by atoms with Crippen molar-refractivity contribution in [1.82, 2.24) is 19.9 Å². The Balaban J connectivity index is 1.52. The number of carbonyl (C=O) groups is 1. The summed E-state index contributed by atoms with van der Waals surface area (Å²) in [6.07, 6.45) is -0.0399.